The lowest BCUT2D eigenvalue weighted by Crippen LogP contribution is -2.29. The maximum Gasteiger partial charge on any atom is 0.353 e. The summed E-state index contributed by atoms with van der Waals surface area (Å²) >= 11 is 1.61. The predicted octanol–water partition coefficient (Wildman–Crippen LogP) is 1.05. The quantitative estimate of drug-likeness (QED) is 0.522. The van der Waals surface area contributed by atoms with Crippen LogP contribution in [0.1, 0.15) is 0 Å². The van der Waals surface area contributed by atoms with Gasteiger partial charge in [0, 0.05) is 13.2 Å². The van der Waals surface area contributed by atoms with Gasteiger partial charge in [0.15, 0.2) is 17.2 Å². The van der Waals surface area contributed by atoms with Crippen molar-refractivity contribution in [2.24, 2.45) is 7.05 Å². The molecule has 0 unspecified atom stereocenters. The number of aromatic nitrogens is 7. The largest absolute Gasteiger partial charge is 0.353 e. The standard InChI is InChI=1S/C15H11N7OS/c1-3-6-22-15(23)21-9-16-12(14(21)18-19-22)13-17-10(8-20(13)2)11-5-4-7-24-11/h1,4-5,7-9H,6H2,2H3. The Hall–Kier alpha value is -3.25. The smallest absolute Gasteiger partial charge is 0.332 e. The Kier molecular flexibility index (Phi) is 3.25. The van der Waals surface area contributed by atoms with Crippen molar-refractivity contribution in [1.82, 2.24) is 33.9 Å². The molecule has 0 fully saturated rings. The number of hydrogen-bond donors (Lipinski definition) is 0. The Morgan fingerprint density at radius 2 is 2.29 bits per heavy atom. The second-order valence-corrected chi connectivity index (χ2v) is 6.01. The molecule has 0 bridgehead atoms. The van der Waals surface area contributed by atoms with Crippen LogP contribution in [0.25, 0.3) is 27.7 Å². The molecule has 24 heavy (non-hydrogen) atoms. The molecular formula is C15H11N7OS. The van der Waals surface area contributed by atoms with Gasteiger partial charge in [0.05, 0.1) is 10.6 Å². The molecule has 8 nitrogen and oxygen atoms in total. The van der Waals surface area contributed by atoms with Gasteiger partial charge >= 0.3 is 5.69 Å². The summed E-state index contributed by atoms with van der Waals surface area (Å²) in [5.41, 5.74) is 1.30. The zero-order valence-electron chi connectivity index (χ0n) is 12.6. The van der Waals surface area contributed by atoms with Gasteiger partial charge in [-0.1, -0.05) is 17.2 Å². The average molecular weight is 337 g/mol. The highest BCUT2D eigenvalue weighted by atomic mass is 32.1. The number of nitrogens with zero attached hydrogens (tertiary/aromatic N) is 7. The maximum absolute atomic E-state index is 12.3. The van der Waals surface area contributed by atoms with Crippen LogP contribution in [0, 0.1) is 12.3 Å². The van der Waals surface area contributed by atoms with Gasteiger partial charge in [0.25, 0.3) is 0 Å². The minimum absolute atomic E-state index is 0.0558. The molecule has 0 atom stereocenters. The summed E-state index contributed by atoms with van der Waals surface area (Å²) in [4.78, 5) is 22.3. The van der Waals surface area contributed by atoms with Crippen LogP contribution in [0.2, 0.25) is 0 Å². The second-order valence-electron chi connectivity index (χ2n) is 5.06. The van der Waals surface area contributed by atoms with Gasteiger partial charge in [-0.3, -0.25) is 0 Å². The highest BCUT2D eigenvalue weighted by Gasteiger charge is 2.18. The Labute approximate surface area is 140 Å². The minimum atomic E-state index is -0.385. The molecule has 4 rings (SSSR count). The molecule has 0 N–H and O–H groups in total. The summed E-state index contributed by atoms with van der Waals surface area (Å²) < 4.78 is 4.28. The van der Waals surface area contributed by atoms with Gasteiger partial charge in [0.2, 0.25) is 0 Å². The van der Waals surface area contributed by atoms with Gasteiger partial charge in [-0.2, -0.15) is 4.68 Å². The van der Waals surface area contributed by atoms with Crippen LogP contribution in [0.3, 0.4) is 0 Å². The molecule has 0 aliphatic rings. The zero-order chi connectivity index (χ0) is 16.7. The molecule has 0 spiro atoms. The SMILES string of the molecule is C#CCn1nnc2c(-c3nc(-c4cccs4)cn3C)ncn2c1=O. The van der Waals surface area contributed by atoms with Gasteiger partial charge in [-0.05, 0) is 11.4 Å². The van der Waals surface area contributed by atoms with E-state index in [1.807, 2.05) is 35.3 Å². The van der Waals surface area contributed by atoms with E-state index in [2.05, 4.69) is 26.2 Å². The van der Waals surface area contributed by atoms with E-state index in [9.17, 15) is 4.79 Å². The van der Waals surface area contributed by atoms with Crippen molar-refractivity contribution in [2.75, 3.05) is 0 Å². The van der Waals surface area contributed by atoms with Crippen molar-refractivity contribution in [3.63, 3.8) is 0 Å². The van der Waals surface area contributed by atoms with Gasteiger partial charge in [-0.25, -0.2) is 19.2 Å². The lowest BCUT2D eigenvalue weighted by Gasteiger charge is -2.00. The zero-order valence-corrected chi connectivity index (χ0v) is 13.4. The van der Waals surface area contributed by atoms with Gasteiger partial charge in [-0.15, -0.1) is 22.9 Å². The summed E-state index contributed by atoms with van der Waals surface area (Å²) in [5, 5.41) is 9.93. The van der Waals surface area contributed by atoms with Crippen molar-refractivity contribution >= 4 is 17.0 Å². The van der Waals surface area contributed by atoms with Crippen LogP contribution in [0.15, 0.2) is 34.8 Å². The third-order valence-corrected chi connectivity index (χ3v) is 4.41. The monoisotopic (exact) mass is 337 g/mol. The Morgan fingerprint density at radius 1 is 1.42 bits per heavy atom. The van der Waals surface area contributed by atoms with Crippen LogP contribution in [0.5, 0.6) is 0 Å². The summed E-state index contributed by atoms with van der Waals surface area (Å²) in [7, 11) is 1.87. The molecule has 0 aromatic carbocycles. The highest BCUT2D eigenvalue weighted by molar-refractivity contribution is 7.13. The predicted molar refractivity (Wildman–Crippen MR) is 89.4 cm³/mol. The fourth-order valence-electron chi connectivity index (χ4n) is 2.41. The van der Waals surface area contributed by atoms with E-state index in [4.69, 9.17) is 6.42 Å². The first-order valence-electron chi connectivity index (χ1n) is 7.01. The minimum Gasteiger partial charge on any atom is -0.332 e. The van der Waals surface area contributed by atoms with Crippen LogP contribution in [-0.4, -0.2) is 33.9 Å². The summed E-state index contributed by atoms with van der Waals surface area (Å²) in [5.74, 6) is 2.98. The molecule has 0 saturated heterocycles. The highest BCUT2D eigenvalue weighted by Crippen LogP contribution is 2.27. The first-order chi connectivity index (χ1) is 11.7. The van der Waals surface area contributed by atoms with Crippen LogP contribution in [0.4, 0.5) is 0 Å². The first-order valence-corrected chi connectivity index (χ1v) is 7.89. The van der Waals surface area contributed by atoms with E-state index in [0.29, 0.717) is 17.2 Å². The molecule has 0 aliphatic carbocycles. The number of thiophene rings is 1. The van der Waals surface area contributed by atoms with E-state index in [-0.39, 0.29) is 12.2 Å². The van der Waals surface area contributed by atoms with E-state index in [0.717, 1.165) is 15.3 Å². The van der Waals surface area contributed by atoms with Crippen LogP contribution < -0.4 is 5.69 Å². The van der Waals surface area contributed by atoms with Gasteiger partial charge < -0.3 is 4.57 Å². The molecular weight excluding hydrogens is 326 g/mol. The average Bonchev–Trinajstić information content (AvgIpc) is 3.29. The molecule has 4 heterocycles. The van der Waals surface area contributed by atoms with Crippen molar-refractivity contribution < 1.29 is 0 Å². The molecule has 0 saturated carbocycles. The van der Waals surface area contributed by atoms with Crippen LogP contribution >= 0.6 is 11.3 Å². The number of hydrogen-bond acceptors (Lipinski definition) is 6. The number of rotatable bonds is 3. The topological polar surface area (TPSA) is 82.9 Å². The van der Waals surface area contributed by atoms with Crippen molar-refractivity contribution in [3.8, 4) is 34.4 Å². The van der Waals surface area contributed by atoms with E-state index < -0.39 is 0 Å². The second kappa shape index (κ2) is 5.43. The Bertz CT molecular complexity index is 1130. The van der Waals surface area contributed by atoms with E-state index >= 15 is 0 Å². The molecule has 0 radical (unpaired) electrons. The molecule has 9 heteroatoms. The summed E-state index contributed by atoms with van der Waals surface area (Å²) in [6, 6.07) is 3.97. The number of terminal acetylenes is 1. The Morgan fingerprint density at radius 3 is 3.04 bits per heavy atom. The fourth-order valence-corrected chi connectivity index (χ4v) is 3.09. The lowest BCUT2D eigenvalue weighted by atomic mass is 10.4. The van der Waals surface area contributed by atoms with Crippen molar-refractivity contribution in [3.05, 3.63) is 40.5 Å². The Balaban J connectivity index is 1.88. The van der Waals surface area contributed by atoms with Crippen molar-refractivity contribution in [2.45, 2.75) is 6.54 Å². The third-order valence-electron chi connectivity index (χ3n) is 3.52. The lowest BCUT2D eigenvalue weighted by molar-refractivity contribution is 0.576. The molecule has 4 aromatic heterocycles. The first kappa shape index (κ1) is 14.3. The number of imidazole rings is 2. The fraction of sp³-hybridized carbons (Fsp3) is 0.133. The number of fused-ring (bicyclic) bond motifs is 1. The molecule has 4 aromatic rings. The van der Waals surface area contributed by atoms with Crippen LogP contribution in [-0.2, 0) is 13.6 Å². The molecule has 0 aliphatic heterocycles. The summed E-state index contributed by atoms with van der Waals surface area (Å²) in [6.45, 7) is 0.0558. The molecule has 118 valence electrons. The van der Waals surface area contributed by atoms with Gasteiger partial charge in [0.1, 0.15) is 12.9 Å². The maximum atomic E-state index is 12.3. The van der Waals surface area contributed by atoms with E-state index in [1.54, 1.807) is 11.3 Å². The molecule has 0 amide bonds. The normalized spacial score (nSPS) is 11.0. The van der Waals surface area contributed by atoms with Crippen molar-refractivity contribution in [1.29, 1.82) is 0 Å². The number of aryl methyl sites for hydroxylation is 1. The third kappa shape index (κ3) is 2.12. The van der Waals surface area contributed by atoms with E-state index in [1.165, 1.54) is 10.7 Å². The summed E-state index contributed by atoms with van der Waals surface area (Å²) in [6.07, 6.45) is 8.55.